The number of carbonyl (C=O) groups is 1. The number of rotatable bonds is 8. The van der Waals surface area contributed by atoms with Crippen molar-refractivity contribution in [1.29, 1.82) is 0 Å². The summed E-state index contributed by atoms with van der Waals surface area (Å²) in [5, 5.41) is 1.36. The average Bonchev–Trinajstić information content (AvgIpc) is 3.37. The van der Waals surface area contributed by atoms with Crippen molar-refractivity contribution in [3.05, 3.63) is 82.6 Å². The maximum absolute atomic E-state index is 13.5. The minimum absolute atomic E-state index is 0.110. The smallest absolute Gasteiger partial charge is 0.225 e. The molecule has 2 fully saturated rings. The third kappa shape index (κ3) is 6.53. The van der Waals surface area contributed by atoms with Gasteiger partial charge in [0.2, 0.25) is 5.91 Å². The van der Waals surface area contributed by atoms with Gasteiger partial charge in [-0.1, -0.05) is 35.3 Å². The quantitative estimate of drug-likeness (QED) is 0.406. The molecule has 5 rings (SSSR count). The molecule has 2 aromatic carbocycles. The Morgan fingerprint density at radius 1 is 0.974 bits per heavy atom. The van der Waals surface area contributed by atoms with Gasteiger partial charge >= 0.3 is 0 Å². The van der Waals surface area contributed by atoms with E-state index in [4.69, 9.17) is 32.7 Å². The number of ether oxygens (including phenoxy) is 2. The molecule has 1 aromatic heterocycles. The first-order chi connectivity index (χ1) is 18.4. The summed E-state index contributed by atoms with van der Waals surface area (Å²) in [7, 11) is 2.09. The topological polar surface area (TPSA) is 50.2 Å². The van der Waals surface area contributed by atoms with Gasteiger partial charge in [-0.15, -0.1) is 0 Å². The van der Waals surface area contributed by atoms with Crippen molar-refractivity contribution in [3.8, 4) is 11.4 Å². The first-order valence-corrected chi connectivity index (χ1v) is 13.8. The van der Waals surface area contributed by atoms with Crippen molar-refractivity contribution in [1.82, 2.24) is 19.3 Å². The van der Waals surface area contributed by atoms with Gasteiger partial charge in [0.25, 0.3) is 0 Å². The van der Waals surface area contributed by atoms with Gasteiger partial charge in [0, 0.05) is 62.7 Å². The Kier molecular flexibility index (Phi) is 8.61. The van der Waals surface area contributed by atoms with Crippen LogP contribution in [0.2, 0.25) is 10.0 Å². The fourth-order valence-corrected chi connectivity index (χ4v) is 5.50. The van der Waals surface area contributed by atoms with Crippen LogP contribution in [0.5, 0.6) is 5.75 Å². The van der Waals surface area contributed by atoms with Crippen molar-refractivity contribution in [2.75, 3.05) is 59.5 Å². The third-order valence-corrected chi connectivity index (χ3v) is 7.87. The van der Waals surface area contributed by atoms with E-state index in [9.17, 15) is 4.79 Å². The van der Waals surface area contributed by atoms with Gasteiger partial charge in [0.05, 0.1) is 23.7 Å². The van der Waals surface area contributed by atoms with Crippen LogP contribution in [0, 0.1) is 0 Å². The number of piperazine rings is 1. The fourth-order valence-electron chi connectivity index (χ4n) is 5.15. The molecule has 0 radical (unpaired) electrons. The molecule has 1 amide bonds. The second kappa shape index (κ2) is 12.1. The number of morpholine rings is 1. The summed E-state index contributed by atoms with van der Waals surface area (Å²) in [6.07, 6.45) is 2.30. The van der Waals surface area contributed by atoms with Gasteiger partial charge in [0.1, 0.15) is 18.0 Å². The van der Waals surface area contributed by atoms with Crippen LogP contribution in [0.4, 0.5) is 0 Å². The maximum atomic E-state index is 13.5. The zero-order valence-electron chi connectivity index (χ0n) is 21.7. The molecule has 9 heteroatoms. The molecule has 2 saturated heterocycles. The highest BCUT2D eigenvalue weighted by Crippen LogP contribution is 2.28. The molecule has 2 aliphatic heterocycles. The first kappa shape index (κ1) is 27.0. The lowest BCUT2D eigenvalue weighted by molar-refractivity contribution is -0.158. The van der Waals surface area contributed by atoms with E-state index in [1.165, 1.54) is 0 Å². The van der Waals surface area contributed by atoms with E-state index < -0.39 is 5.60 Å². The van der Waals surface area contributed by atoms with Crippen molar-refractivity contribution in [3.63, 3.8) is 0 Å². The van der Waals surface area contributed by atoms with Gasteiger partial charge in [-0.05, 0) is 55.6 Å². The first-order valence-electron chi connectivity index (χ1n) is 13.0. The molecule has 3 heterocycles. The number of amides is 1. The highest BCUT2D eigenvalue weighted by molar-refractivity contribution is 6.32. The largest absolute Gasteiger partial charge is 0.491 e. The standard InChI is InChI=1S/C29H34Cl2N4O3/c1-32-13-15-34(16-14-32)28(36)19-29(22-37-25-10-8-23(30)9-11-25)21-33(17-18-38-29)20-24-5-4-12-35(24)27-7-3-2-6-26(27)31/h2-12H,13-22H2,1H3. The molecule has 0 saturated carbocycles. The summed E-state index contributed by atoms with van der Waals surface area (Å²) in [5.74, 6) is 0.813. The second-order valence-corrected chi connectivity index (χ2v) is 11.0. The van der Waals surface area contributed by atoms with E-state index >= 15 is 0 Å². The Morgan fingerprint density at radius 3 is 2.50 bits per heavy atom. The van der Waals surface area contributed by atoms with Gasteiger partial charge in [-0.2, -0.15) is 0 Å². The number of halogens is 2. The van der Waals surface area contributed by atoms with Crippen molar-refractivity contribution >= 4 is 29.1 Å². The third-order valence-electron chi connectivity index (χ3n) is 7.30. The lowest BCUT2D eigenvalue weighted by atomic mass is 9.96. The van der Waals surface area contributed by atoms with Crippen LogP contribution in [0.15, 0.2) is 66.9 Å². The molecular formula is C29H34Cl2N4O3. The number of benzene rings is 2. The number of hydrogen-bond donors (Lipinski definition) is 0. The van der Waals surface area contributed by atoms with Crippen molar-refractivity contribution in [2.45, 2.75) is 18.6 Å². The summed E-state index contributed by atoms with van der Waals surface area (Å²) >= 11 is 12.6. The highest BCUT2D eigenvalue weighted by atomic mass is 35.5. The van der Waals surface area contributed by atoms with Gasteiger partial charge in [-0.25, -0.2) is 0 Å². The average molecular weight is 558 g/mol. The van der Waals surface area contributed by atoms with E-state index in [0.29, 0.717) is 35.5 Å². The Morgan fingerprint density at radius 2 is 1.74 bits per heavy atom. The molecule has 0 bridgehead atoms. The number of hydrogen-bond acceptors (Lipinski definition) is 5. The second-order valence-electron chi connectivity index (χ2n) is 10.2. The molecule has 3 aromatic rings. The van der Waals surface area contributed by atoms with Gasteiger partial charge in [0.15, 0.2) is 0 Å². The molecule has 0 N–H and O–H groups in total. The van der Waals surface area contributed by atoms with Crippen molar-refractivity contribution in [2.24, 2.45) is 0 Å². The Hall–Kier alpha value is -2.55. The summed E-state index contributed by atoms with van der Waals surface area (Å²) < 4.78 is 14.7. The van der Waals surface area contributed by atoms with E-state index in [0.717, 1.165) is 44.1 Å². The Balaban J connectivity index is 1.33. The summed E-state index contributed by atoms with van der Waals surface area (Å²) in [6.45, 7) is 6.07. The predicted octanol–water partition coefficient (Wildman–Crippen LogP) is 4.60. The number of likely N-dealkylation sites (N-methyl/N-ethyl adjacent to an activating group) is 1. The lowest BCUT2D eigenvalue weighted by Gasteiger charge is -2.43. The highest BCUT2D eigenvalue weighted by Gasteiger charge is 2.41. The van der Waals surface area contributed by atoms with Gasteiger partial charge in [-0.3, -0.25) is 9.69 Å². The van der Waals surface area contributed by atoms with Crippen molar-refractivity contribution < 1.29 is 14.3 Å². The van der Waals surface area contributed by atoms with Crippen LogP contribution in [0.3, 0.4) is 0 Å². The molecule has 0 aliphatic carbocycles. The maximum Gasteiger partial charge on any atom is 0.225 e. The number of aromatic nitrogens is 1. The number of para-hydroxylation sites is 1. The van der Waals surface area contributed by atoms with Crippen LogP contribution >= 0.6 is 23.2 Å². The molecule has 1 atom stereocenters. The van der Waals surface area contributed by atoms with E-state index in [2.05, 4.69) is 27.5 Å². The van der Waals surface area contributed by atoms with E-state index in [1.54, 1.807) is 12.1 Å². The van der Waals surface area contributed by atoms with Crippen LogP contribution in [0.1, 0.15) is 12.1 Å². The zero-order chi connectivity index (χ0) is 26.5. The summed E-state index contributed by atoms with van der Waals surface area (Å²) in [5.41, 5.74) is 1.31. The molecule has 2 aliphatic rings. The van der Waals surface area contributed by atoms with Crippen LogP contribution in [-0.2, 0) is 16.1 Å². The molecule has 38 heavy (non-hydrogen) atoms. The summed E-state index contributed by atoms with van der Waals surface area (Å²) in [4.78, 5) is 20.0. The van der Waals surface area contributed by atoms with Crippen LogP contribution < -0.4 is 4.74 Å². The Labute approximate surface area is 234 Å². The van der Waals surface area contributed by atoms with Crippen LogP contribution in [-0.4, -0.2) is 90.3 Å². The SMILES string of the molecule is CN1CCN(C(=O)CC2(COc3ccc(Cl)cc3)CN(Cc3cccn3-c3ccccc3Cl)CCO2)CC1. The number of nitrogens with zero attached hydrogens (tertiary/aromatic N) is 4. The molecule has 1 unspecified atom stereocenters. The normalized spacial score (nSPS) is 21.0. The minimum atomic E-state index is -0.764. The fraction of sp³-hybridized carbons (Fsp3) is 0.414. The van der Waals surface area contributed by atoms with E-state index in [1.807, 2.05) is 53.6 Å². The lowest BCUT2D eigenvalue weighted by Crippen LogP contribution is -2.58. The van der Waals surface area contributed by atoms with E-state index in [-0.39, 0.29) is 18.9 Å². The van der Waals surface area contributed by atoms with Gasteiger partial charge < -0.3 is 23.8 Å². The molecule has 7 nitrogen and oxygen atoms in total. The Bertz CT molecular complexity index is 1230. The molecule has 202 valence electrons. The number of carbonyl (C=O) groups excluding carboxylic acids is 1. The summed E-state index contributed by atoms with van der Waals surface area (Å²) in [6, 6.07) is 19.3. The zero-order valence-corrected chi connectivity index (χ0v) is 23.2. The molecule has 0 spiro atoms. The predicted molar refractivity (Wildman–Crippen MR) is 150 cm³/mol. The minimum Gasteiger partial charge on any atom is -0.491 e. The van der Waals surface area contributed by atoms with Crippen LogP contribution in [0.25, 0.3) is 5.69 Å². The monoisotopic (exact) mass is 556 g/mol. The molecular weight excluding hydrogens is 523 g/mol.